The van der Waals surface area contributed by atoms with Gasteiger partial charge in [0.15, 0.2) is 0 Å². The van der Waals surface area contributed by atoms with Crippen LogP contribution in [0, 0.1) is 0 Å². The van der Waals surface area contributed by atoms with E-state index in [1.54, 1.807) is 0 Å². The van der Waals surface area contributed by atoms with Gasteiger partial charge in [0, 0.05) is 14.1 Å². The fourth-order valence-electron chi connectivity index (χ4n) is 1.09. The van der Waals surface area contributed by atoms with Crippen molar-refractivity contribution in [2.24, 2.45) is 0 Å². The molecule has 0 bridgehead atoms. The third kappa shape index (κ3) is 1.18. The van der Waals surface area contributed by atoms with Crippen LogP contribution in [-0.2, 0) is 4.79 Å². The van der Waals surface area contributed by atoms with Gasteiger partial charge in [0.05, 0.1) is 20.3 Å². The number of rotatable bonds is 1. The van der Waals surface area contributed by atoms with Crippen LogP contribution in [0.2, 0.25) is 0 Å². The van der Waals surface area contributed by atoms with Gasteiger partial charge in [0.2, 0.25) is 0 Å². The number of hydrogen-bond acceptors (Lipinski definition) is 1. The molecule has 1 heterocycles. The molecule has 0 aromatic carbocycles. The molecule has 1 aliphatic heterocycles. The number of carbonyl (C=O) groups excluding carboxylic acids is 1. The summed E-state index contributed by atoms with van der Waals surface area (Å²) < 4.78 is 0. The lowest BCUT2D eigenvalue weighted by Gasteiger charge is -1.82. The molecule has 0 spiro atoms. The molecule has 30 valence electrons. The molecule has 0 N–H and O–H groups in total. The van der Waals surface area contributed by atoms with Gasteiger partial charge < -0.3 is 4.79 Å². The minimum absolute atomic E-state index is 0.417. The van der Waals surface area contributed by atoms with Gasteiger partial charge in [-0.3, -0.25) is 0 Å². The maximum atomic E-state index is 10.0. The van der Waals surface area contributed by atoms with Crippen molar-refractivity contribution in [3.8, 4) is 0 Å². The Hall–Kier alpha value is -0.00532. The van der Waals surface area contributed by atoms with Crippen LogP contribution in [0.5, 0.6) is 0 Å². The van der Waals surface area contributed by atoms with Crippen LogP contribution in [0.25, 0.3) is 0 Å². The summed E-state index contributed by atoms with van der Waals surface area (Å²) in [7, 11) is 4.82. The zero-order valence-corrected chi connectivity index (χ0v) is 4.39. The summed E-state index contributed by atoms with van der Waals surface area (Å²) in [6, 6.07) is 0. The fraction of sp³-hybridized carbons (Fsp3) is 0. The molecule has 0 aromatic rings. The molecule has 0 radical (unpaired) electrons. The molecule has 1 nitrogen and oxygen atoms in total. The highest BCUT2D eigenvalue weighted by molar-refractivity contribution is 7.84. The molecule has 6 heteroatoms. The van der Waals surface area contributed by atoms with Crippen molar-refractivity contribution < 1.29 is 4.79 Å². The van der Waals surface area contributed by atoms with Crippen LogP contribution in [-0.4, -0.2) is 40.9 Å². The Morgan fingerprint density at radius 2 is 1.86 bits per heavy atom. The van der Waals surface area contributed by atoms with Crippen LogP contribution >= 0.6 is 0 Å². The zero-order valence-electron chi connectivity index (χ0n) is 4.39. The van der Waals surface area contributed by atoms with Crippen molar-refractivity contribution in [1.29, 1.82) is 0 Å². The SMILES string of the molecule is O=CB1BBBB1. The summed E-state index contributed by atoms with van der Waals surface area (Å²) in [6.07, 6.45) is 1.09. The summed E-state index contributed by atoms with van der Waals surface area (Å²) in [5.74, 6) is 0. The average Bonchev–Trinajstić information content (AvgIpc) is 2.14. The largest absolute Gasteiger partial charge is 0.316 e. The second-order valence-electron chi connectivity index (χ2n) is 2.18. The normalized spacial score (nSPS) is 15.7. The van der Waals surface area contributed by atoms with E-state index >= 15 is 0 Å². The van der Waals surface area contributed by atoms with Crippen LogP contribution in [0.1, 0.15) is 0 Å². The topological polar surface area (TPSA) is 17.1 Å². The highest BCUT2D eigenvalue weighted by Crippen LogP contribution is 1.76. The third-order valence-electron chi connectivity index (χ3n) is 1.59. The Balaban J connectivity index is 2.26. The van der Waals surface area contributed by atoms with Crippen molar-refractivity contribution in [2.75, 3.05) is 0 Å². The second kappa shape index (κ2) is 2.34. The van der Waals surface area contributed by atoms with E-state index in [2.05, 4.69) is 0 Å². The lowest BCUT2D eigenvalue weighted by atomic mass is 9.05. The number of carbonyl (C=O) groups is 1. The van der Waals surface area contributed by atoms with Gasteiger partial charge in [-0.25, -0.2) is 0 Å². The summed E-state index contributed by atoms with van der Waals surface area (Å²) in [4.78, 5) is 10.0. The fourth-order valence-corrected chi connectivity index (χ4v) is 1.09. The van der Waals surface area contributed by atoms with E-state index < -0.39 is 0 Å². The van der Waals surface area contributed by atoms with Crippen molar-refractivity contribution in [1.82, 2.24) is 0 Å². The molecule has 0 aromatic heterocycles. The first-order valence-corrected chi connectivity index (χ1v) is 2.89. The lowest BCUT2D eigenvalue weighted by molar-refractivity contribution is 0.568. The van der Waals surface area contributed by atoms with Crippen LogP contribution < -0.4 is 0 Å². The summed E-state index contributed by atoms with van der Waals surface area (Å²) in [5.41, 5.74) is 0. The third-order valence-corrected chi connectivity index (χ3v) is 1.59. The van der Waals surface area contributed by atoms with Gasteiger partial charge in [-0.1, -0.05) is 0 Å². The maximum absolute atomic E-state index is 10.0. The Labute approximate surface area is 46.6 Å². The van der Waals surface area contributed by atoms with Gasteiger partial charge in [0.1, 0.15) is 6.49 Å². The van der Waals surface area contributed by atoms with Gasteiger partial charge in [0.25, 0.3) is 0 Å². The first kappa shape index (κ1) is 5.14. The lowest BCUT2D eigenvalue weighted by Crippen LogP contribution is -2.26. The second-order valence-corrected chi connectivity index (χ2v) is 2.18. The summed E-state index contributed by atoms with van der Waals surface area (Å²) in [6.45, 7) is 0.417. The predicted octanol–water partition coefficient (Wildman–Crippen LogP) is -3.25. The molecule has 0 saturated carbocycles. The van der Waals surface area contributed by atoms with E-state index in [-0.39, 0.29) is 0 Å². The standard InChI is InChI=1S/CH5B5O/c7-1-6-4-2-3-5-6/h1-5H. The van der Waals surface area contributed by atoms with Gasteiger partial charge >= 0.3 is 0 Å². The molecule has 1 fully saturated rings. The van der Waals surface area contributed by atoms with E-state index in [1.165, 1.54) is 14.1 Å². The molecule has 0 amide bonds. The zero-order chi connectivity index (χ0) is 5.11. The highest BCUT2D eigenvalue weighted by atomic mass is 16.1. The van der Waals surface area contributed by atoms with E-state index in [4.69, 9.17) is 0 Å². The van der Waals surface area contributed by atoms with Crippen molar-refractivity contribution in [3.05, 3.63) is 0 Å². The molecule has 0 atom stereocenters. The Kier molecular flexibility index (Phi) is 1.72. The van der Waals surface area contributed by atoms with Crippen molar-refractivity contribution in [3.63, 3.8) is 0 Å². The molecule has 0 unspecified atom stereocenters. The smallest absolute Gasteiger partial charge is 0.133 e. The molecule has 1 rings (SSSR count). The van der Waals surface area contributed by atoms with E-state index in [9.17, 15) is 4.79 Å². The van der Waals surface area contributed by atoms with Gasteiger partial charge in [-0.15, -0.1) is 0 Å². The monoisotopic (exact) mass is 88.1 g/mol. The molecule has 1 saturated heterocycles. The molecule has 0 aliphatic carbocycles. The minimum Gasteiger partial charge on any atom is -0.316 e. The van der Waals surface area contributed by atoms with Crippen LogP contribution in [0.4, 0.5) is 0 Å². The number of hydrogen-bond donors (Lipinski definition) is 0. The molecular formula is CH5B5O. The molecular weight excluding hydrogens is 82.1 g/mol. The summed E-state index contributed by atoms with van der Waals surface area (Å²) in [5, 5.41) is 0. The van der Waals surface area contributed by atoms with Crippen LogP contribution in [0.15, 0.2) is 0 Å². The first-order valence-electron chi connectivity index (χ1n) is 2.89. The average molecular weight is 87.1 g/mol. The Morgan fingerprint density at radius 3 is 2.14 bits per heavy atom. The molecule has 7 heavy (non-hydrogen) atoms. The van der Waals surface area contributed by atoms with E-state index in [0.717, 1.165) is 20.3 Å². The maximum Gasteiger partial charge on any atom is 0.133 e. The van der Waals surface area contributed by atoms with E-state index in [0.29, 0.717) is 6.49 Å². The predicted molar refractivity (Wildman–Crippen MR) is 41.1 cm³/mol. The Bertz CT molecular complexity index is 66.5. The molecule has 1 aliphatic rings. The minimum atomic E-state index is 0.417. The van der Waals surface area contributed by atoms with Crippen LogP contribution in [0.3, 0.4) is 0 Å². The van der Waals surface area contributed by atoms with Gasteiger partial charge in [-0.05, 0) is 0 Å². The van der Waals surface area contributed by atoms with Crippen molar-refractivity contribution >= 4 is 40.9 Å². The first-order chi connectivity index (χ1) is 3.43. The van der Waals surface area contributed by atoms with Gasteiger partial charge in [-0.2, -0.15) is 0 Å². The van der Waals surface area contributed by atoms with E-state index in [1.807, 2.05) is 0 Å². The highest BCUT2D eigenvalue weighted by Gasteiger charge is 2.20. The quantitative estimate of drug-likeness (QED) is 0.242. The van der Waals surface area contributed by atoms with Crippen molar-refractivity contribution in [2.45, 2.75) is 0 Å². The Morgan fingerprint density at radius 1 is 1.29 bits per heavy atom. The summed E-state index contributed by atoms with van der Waals surface area (Å²) >= 11 is 0.